The van der Waals surface area contributed by atoms with Crippen LogP contribution < -0.4 is 0 Å². The molecule has 2 saturated carbocycles. The smallest absolute Gasteiger partial charge is 0.453 e. The summed E-state index contributed by atoms with van der Waals surface area (Å²) >= 11 is -1.37. The Hall–Kier alpha value is -1.39. The minimum atomic E-state index is -5.55. The van der Waals surface area contributed by atoms with Crippen LogP contribution in [0.4, 0.5) is 22.0 Å². The van der Waals surface area contributed by atoms with E-state index in [4.69, 9.17) is 4.74 Å². The minimum Gasteiger partial charge on any atom is -0.616 e. The predicted molar refractivity (Wildman–Crippen MR) is 176 cm³/mol. The second kappa shape index (κ2) is 15.7. The first-order chi connectivity index (χ1) is 21.9. The largest absolute Gasteiger partial charge is 0.616 e. The Balaban J connectivity index is 1.24. The molecule has 4 rings (SSSR count). The Labute approximate surface area is 281 Å². The summed E-state index contributed by atoms with van der Waals surface area (Å²) < 4.78 is 80.6. The molecule has 0 aliphatic heterocycles. The van der Waals surface area contributed by atoms with Crippen molar-refractivity contribution in [2.45, 2.75) is 154 Å². The van der Waals surface area contributed by atoms with Crippen molar-refractivity contribution in [3.63, 3.8) is 0 Å². The fraction of sp³-hybridized carbons (Fsp3) is 0.811. The van der Waals surface area contributed by atoms with Gasteiger partial charge in [0.25, 0.3) is 0 Å². The van der Waals surface area contributed by atoms with Gasteiger partial charge >= 0.3 is 18.1 Å². The molecule has 0 heterocycles. The molecule has 2 fully saturated rings. The number of esters is 1. The van der Waals surface area contributed by atoms with E-state index in [1.165, 1.54) is 11.1 Å². The van der Waals surface area contributed by atoms with E-state index in [1.54, 1.807) is 0 Å². The van der Waals surface area contributed by atoms with Crippen molar-refractivity contribution in [3.05, 3.63) is 34.9 Å². The molecule has 3 aliphatic rings. The van der Waals surface area contributed by atoms with Crippen molar-refractivity contribution in [2.75, 3.05) is 11.5 Å². The molecule has 268 valence electrons. The molecule has 47 heavy (non-hydrogen) atoms. The van der Waals surface area contributed by atoms with Gasteiger partial charge in [0, 0.05) is 6.42 Å². The van der Waals surface area contributed by atoms with Crippen LogP contribution in [-0.4, -0.2) is 50.9 Å². The number of aliphatic hydroxyl groups is 1. The number of alkyl halides is 5. The SMILES string of the molecule is CC(C)(C)OC(=O)c1ccc2c(c1)C[C@@H](CCCCCCCCC[S+]([O-])CCCC(F)(F)C(F)(F)F)[C@@H]1[C@@H]2CC[C@]2(C)[C@@H](O)CC[C@@H]12. The molecule has 10 heteroatoms. The summed E-state index contributed by atoms with van der Waals surface area (Å²) in [6.07, 6.45) is 5.52. The standard InChI is InChI=1S/C37H55F5O4S/c1-34(2,3)46-33(44)26-14-15-28-27(24-26)23-25(32-29(28)18-20-35(4)30(32)16-17-31(35)43)13-10-8-6-5-7-9-11-21-47(45)22-12-19-36(38,39)37(40,41)42/h14-15,24-25,29-32,43H,5-13,16-23H2,1-4H3/t25-,29-,30+,31+,32-,35+,47?/m1/s1. The fourth-order valence-electron chi connectivity index (χ4n) is 8.76. The third kappa shape index (κ3) is 9.65. The van der Waals surface area contributed by atoms with E-state index < -0.39 is 41.7 Å². The number of carbonyl (C=O) groups is 1. The molecule has 1 unspecified atom stereocenters. The van der Waals surface area contributed by atoms with Crippen LogP contribution in [0.15, 0.2) is 18.2 Å². The quantitative estimate of drug-likeness (QED) is 0.0861. The average molecular weight is 691 g/mol. The van der Waals surface area contributed by atoms with Gasteiger partial charge in [-0.3, -0.25) is 0 Å². The van der Waals surface area contributed by atoms with E-state index in [9.17, 15) is 36.4 Å². The molecule has 0 amide bonds. The Bertz CT molecular complexity index is 1180. The topological polar surface area (TPSA) is 69.6 Å². The van der Waals surface area contributed by atoms with Crippen molar-refractivity contribution in [1.29, 1.82) is 0 Å². The molecule has 4 nitrogen and oxygen atoms in total. The summed E-state index contributed by atoms with van der Waals surface area (Å²) in [4.78, 5) is 12.9. The van der Waals surface area contributed by atoms with Gasteiger partial charge in [-0.25, -0.2) is 4.79 Å². The predicted octanol–water partition coefficient (Wildman–Crippen LogP) is 9.93. The first kappa shape index (κ1) is 38.4. The zero-order valence-corrected chi connectivity index (χ0v) is 29.4. The Morgan fingerprint density at radius 1 is 0.957 bits per heavy atom. The Kier molecular flexibility index (Phi) is 12.8. The number of ether oxygens (including phenoxy) is 1. The molecule has 0 spiro atoms. The fourth-order valence-corrected chi connectivity index (χ4v) is 9.96. The van der Waals surface area contributed by atoms with Crippen LogP contribution in [0.5, 0.6) is 0 Å². The van der Waals surface area contributed by atoms with E-state index in [0.29, 0.717) is 41.4 Å². The lowest BCUT2D eigenvalue weighted by atomic mass is 9.52. The van der Waals surface area contributed by atoms with Crippen molar-refractivity contribution < 1.29 is 41.1 Å². The molecular weight excluding hydrogens is 635 g/mol. The van der Waals surface area contributed by atoms with E-state index in [1.807, 2.05) is 26.8 Å². The van der Waals surface area contributed by atoms with Crippen molar-refractivity contribution in [3.8, 4) is 0 Å². The maximum Gasteiger partial charge on any atom is 0.453 e. The van der Waals surface area contributed by atoms with Gasteiger partial charge in [-0.15, -0.1) is 0 Å². The number of unbranched alkanes of at least 4 members (excludes halogenated alkanes) is 6. The van der Waals surface area contributed by atoms with Gasteiger partial charge in [0.05, 0.1) is 11.7 Å². The normalized spacial score (nSPS) is 28.4. The number of halogens is 5. The lowest BCUT2D eigenvalue weighted by Crippen LogP contribution is -2.47. The van der Waals surface area contributed by atoms with Crippen LogP contribution in [0.1, 0.15) is 145 Å². The number of rotatable bonds is 15. The molecule has 7 atom stereocenters. The number of benzene rings is 1. The molecule has 1 N–H and O–H groups in total. The van der Waals surface area contributed by atoms with Gasteiger partial charge in [0.15, 0.2) is 0 Å². The van der Waals surface area contributed by atoms with E-state index in [2.05, 4.69) is 19.1 Å². The van der Waals surface area contributed by atoms with Crippen molar-refractivity contribution in [1.82, 2.24) is 0 Å². The second-order valence-corrected chi connectivity index (χ2v) is 17.4. The van der Waals surface area contributed by atoms with Gasteiger partial charge < -0.3 is 14.4 Å². The van der Waals surface area contributed by atoms with Crippen molar-refractivity contribution in [2.24, 2.45) is 23.2 Å². The Morgan fingerprint density at radius 3 is 2.26 bits per heavy atom. The average Bonchev–Trinajstić information content (AvgIpc) is 3.28. The number of hydrogen-bond donors (Lipinski definition) is 1. The summed E-state index contributed by atoms with van der Waals surface area (Å²) in [7, 11) is 0. The number of carbonyl (C=O) groups excluding carboxylic acids is 1. The van der Waals surface area contributed by atoms with Crippen LogP contribution in [-0.2, 0) is 22.3 Å². The highest BCUT2D eigenvalue weighted by molar-refractivity contribution is 7.91. The molecule has 1 aromatic rings. The lowest BCUT2D eigenvalue weighted by Gasteiger charge is -2.53. The van der Waals surface area contributed by atoms with Crippen LogP contribution in [0.25, 0.3) is 0 Å². The van der Waals surface area contributed by atoms with Gasteiger partial charge in [0.1, 0.15) is 17.1 Å². The first-order valence-electron chi connectivity index (χ1n) is 17.8. The molecule has 1 aromatic carbocycles. The monoisotopic (exact) mass is 690 g/mol. The highest BCUT2D eigenvalue weighted by atomic mass is 32.2. The number of aliphatic hydroxyl groups excluding tert-OH is 1. The molecular formula is C37H55F5O4S. The van der Waals surface area contributed by atoms with E-state index in [-0.39, 0.29) is 23.2 Å². The number of fused-ring (bicyclic) bond motifs is 5. The molecule has 0 radical (unpaired) electrons. The second-order valence-electron chi connectivity index (χ2n) is 15.7. The lowest BCUT2D eigenvalue weighted by molar-refractivity contribution is -0.284. The maximum absolute atomic E-state index is 13.0. The van der Waals surface area contributed by atoms with Crippen LogP contribution in [0, 0.1) is 23.2 Å². The third-order valence-electron chi connectivity index (χ3n) is 11.2. The van der Waals surface area contributed by atoms with E-state index >= 15 is 0 Å². The van der Waals surface area contributed by atoms with Gasteiger partial charge in [0.2, 0.25) is 0 Å². The highest BCUT2D eigenvalue weighted by Gasteiger charge is 2.57. The van der Waals surface area contributed by atoms with Crippen LogP contribution >= 0.6 is 0 Å². The van der Waals surface area contributed by atoms with Crippen LogP contribution in [0.3, 0.4) is 0 Å². The Morgan fingerprint density at radius 2 is 1.60 bits per heavy atom. The summed E-state index contributed by atoms with van der Waals surface area (Å²) in [6.45, 7) is 7.94. The first-order valence-corrected chi connectivity index (χ1v) is 19.3. The molecule has 0 aromatic heterocycles. The highest BCUT2D eigenvalue weighted by Crippen LogP contribution is 2.62. The molecule has 0 saturated heterocycles. The summed E-state index contributed by atoms with van der Waals surface area (Å²) in [5.74, 6) is -2.80. The van der Waals surface area contributed by atoms with Gasteiger partial charge in [-0.1, -0.05) is 56.3 Å². The summed E-state index contributed by atoms with van der Waals surface area (Å²) in [5, 5.41) is 11.0. The minimum absolute atomic E-state index is 0.0226. The molecule has 3 aliphatic carbocycles. The summed E-state index contributed by atoms with van der Waals surface area (Å²) in [5.41, 5.74) is 2.68. The third-order valence-corrected chi connectivity index (χ3v) is 12.7. The van der Waals surface area contributed by atoms with Gasteiger partial charge in [-0.2, -0.15) is 22.0 Å². The summed E-state index contributed by atoms with van der Waals surface area (Å²) in [6, 6.07) is 6.16. The number of hydrogen-bond acceptors (Lipinski definition) is 4. The van der Waals surface area contributed by atoms with Crippen molar-refractivity contribution >= 4 is 17.1 Å². The van der Waals surface area contributed by atoms with E-state index in [0.717, 1.165) is 77.0 Å². The van der Waals surface area contributed by atoms with Crippen LogP contribution in [0.2, 0.25) is 0 Å². The zero-order valence-electron chi connectivity index (χ0n) is 28.6. The van der Waals surface area contributed by atoms with Gasteiger partial charge in [-0.05, 0) is 131 Å². The molecule has 0 bridgehead atoms. The maximum atomic E-state index is 13.0. The zero-order chi connectivity index (χ0) is 34.6.